The lowest BCUT2D eigenvalue weighted by atomic mass is 10.2. The van der Waals surface area contributed by atoms with Crippen LogP contribution in [0.1, 0.15) is 31.8 Å². The third-order valence-electron chi connectivity index (χ3n) is 5.26. The van der Waals surface area contributed by atoms with Crippen molar-refractivity contribution in [3.63, 3.8) is 0 Å². The highest BCUT2D eigenvalue weighted by Gasteiger charge is 2.14. The van der Waals surface area contributed by atoms with E-state index >= 15 is 0 Å². The minimum atomic E-state index is -3.75. The molecule has 2 N–H and O–H groups in total. The number of amides is 1. The molecule has 0 saturated heterocycles. The van der Waals surface area contributed by atoms with E-state index in [1.165, 1.54) is 42.6 Å². The zero-order chi connectivity index (χ0) is 27.1. The zero-order valence-corrected chi connectivity index (χ0v) is 21.7. The normalized spacial score (nSPS) is 11.2. The maximum atomic E-state index is 12.5. The monoisotopic (exact) mass is 547 g/mol. The molecule has 10 heteroatoms. The summed E-state index contributed by atoms with van der Waals surface area (Å²) in [7, 11) is -3.75. The smallest absolute Gasteiger partial charge is 0.343 e. The Hall–Kier alpha value is -4.47. The second kappa shape index (κ2) is 11.7. The van der Waals surface area contributed by atoms with Gasteiger partial charge in [-0.2, -0.15) is 5.10 Å². The molecule has 38 heavy (non-hydrogen) atoms. The Kier molecular flexibility index (Phi) is 8.20. The number of hydrogen-bond acceptors (Lipinski definition) is 6. The molecular weight excluding hydrogens is 526 g/mol. The van der Waals surface area contributed by atoms with Crippen LogP contribution in [-0.2, 0) is 10.0 Å². The number of sulfonamides is 1. The van der Waals surface area contributed by atoms with Crippen molar-refractivity contribution >= 4 is 45.4 Å². The fourth-order valence-corrected chi connectivity index (χ4v) is 4.45. The van der Waals surface area contributed by atoms with Gasteiger partial charge in [0.15, 0.2) is 0 Å². The second-order valence-electron chi connectivity index (χ2n) is 8.16. The summed E-state index contributed by atoms with van der Waals surface area (Å²) < 4.78 is 32.9. The highest BCUT2D eigenvalue weighted by Crippen LogP contribution is 2.18. The zero-order valence-electron chi connectivity index (χ0n) is 20.1. The van der Waals surface area contributed by atoms with Crippen molar-refractivity contribution in [2.24, 2.45) is 5.10 Å². The van der Waals surface area contributed by atoms with E-state index in [1.807, 2.05) is 6.92 Å². The van der Waals surface area contributed by atoms with Gasteiger partial charge in [-0.05, 0) is 85.3 Å². The molecule has 0 saturated carbocycles. The van der Waals surface area contributed by atoms with Gasteiger partial charge in [-0.3, -0.25) is 9.52 Å². The number of hydrogen-bond donors (Lipinski definition) is 2. The van der Waals surface area contributed by atoms with E-state index in [0.29, 0.717) is 27.6 Å². The molecular formula is C28H22ClN3O5S. The van der Waals surface area contributed by atoms with E-state index < -0.39 is 21.9 Å². The van der Waals surface area contributed by atoms with E-state index in [4.69, 9.17) is 16.3 Å². The van der Waals surface area contributed by atoms with Gasteiger partial charge in [-0.15, -0.1) is 0 Å². The predicted octanol–water partition coefficient (Wildman–Crippen LogP) is 5.43. The molecule has 192 valence electrons. The summed E-state index contributed by atoms with van der Waals surface area (Å²) in [5, 5.41) is 4.46. The van der Waals surface area contributed by atoms with Gasteiger partial charge in [-0.1, -0.05) is 41.4 Å². The van der Waals surface area contributed by atoms with Crippen LogP contribution in [0.3, 0.4) is 0 Å². The van der Waals surface area contributed by atoms with E-state index in [0.717, 1.165) is 5.56 Å². The topological polar surface area (TPSA) is 114 Å². The van der Waals surface area contributed by atoms with Crippen LogP contribution in [-0.4, -0.2) is 26.5 Å². The molecule has 4 rings (SSSR count). The lowest BCUT2D eigenvalue weighted by Crippen LogP contribution is -2.18. The molecule has 0 spiro atoms. The van der Waals surface area contributed by atoms with E-state index in [1.54, 1.807) is 60.7 Å². The lowest BCUT2D eigenvalue weighted by Gasteiger charge is -2.09. The first kappa shape index (κ1) is 26.6. The van der Waals surface area contributed by atoms with Gasteiger partial charge in [-0.25, -0.2) is 18.6 Å². The molecule has 4 aromatic rings. The van der Waals surface area contributed by atoms with Crippen LogP contribution in [0.5, 0.6) is 5.75 Å². The van der Waals surface area contributed by atoms with Crippen molar-refractivity contribution in [1.82, 2.24) is 5.43 Å². The quantitative estimate of drug-likeness (QED) is 0.132. The van der Waals surface area contributed by atoms with Gasteiger partial charge in [0.05, 0.1) is 16.7 Å². The number of esters is 1. The summed E-state index contributed by atoms with van der Waals surface area (Å²) in [4.78, 5) is 24.9. The van der Waals surface area contributed by atoms with Gasteiger partial charge >= 0.3 is 5.97 Å². The Labute approximate surface area is 225 Å². The molecule has 0 atom stereocenters. The molecule has 0 bridgehead atoms. The van der Waals surface area contributed by atoms with Gasteiger partial charge in [0.1, 0.15) is 5.75 Å². The third-order valence-corrected chi connectivity index (χ3v) is 6.91. The Morgan fingerprint density at radius 1 is 0.868 bits per heavy atom. The summed E-state index contributed by atoms with van der Waals surface area (Å²) in [5.41, 5.74) is 4.91. The fourth-order valence-electron chi connectivity index (χ4n) is 3.26. The van der Waals surface area contributed by atoms with Crippen LogP contribution in [0.25, 0.3) is 0 Å². The Morgan fingerprint density at radius 3 is 2.21 bits per heavy atom. The van der Waals surface area contributed by atoms with Crippen LogP contribution >= 0.6 is 11.6 Å². The number of nitrogens with one attached hydrogen (secondary N) is 2. The van der Waals surface area contributed by atoms with E-state index in [9.17, 15) is 18.0 Å². The lowest BCUT2D eigenvalue weighted by molar-refractivity contribution is 0.0734. The minimum absolute atomic E-state index is 0.142. The first-order chi connectivity index (χ1) is 18.2. The number of carbonyl (C=O) groups excluding carboxylic acids is 2. The average molecular weight is 548 g/mol. The van der Waals surface area contributed by atoms with Crippen molar-refractivity contribution in [3.05, 3.63) is 124 Å². The summed E-state index contributed by atoms with van der Waals surface area (Å²) >= 11 is 5.84. The average Bonchev–Trinajstić information content (AvgIpc) is 2.89. The second-order valence-corrected chi connectivity index (χ2v) is 10.3. The first-order valence-electron chi connectivity index (χ1n) is 11.3. The van der Waals surface area contributed by atoms with Crippen LogP contribution in [0.4, 0.5) is 5.69 Å². The van der Waals surface area contributed by atoms with Crippen molar-refractivity contribution in [3.8, 4) is 5.75 Å². The van der Waals surface area contributed by atoms with Crippen molar-refractivity contribution in [2.45, 2.75) is 11.8 Å². The number of nitrogens with zero attached hydrogens (tertiary/aromatic N) is 1. The standard InChI is InChI=1S/C28H22ClN3O5S/c1-19-5-15-26(16-6-19)38(35,36)32-24-13-9-21(10-14-24)27(33)31-30-18-20-3-2-4-25(17-20)37-28(34)22-7-11-23(29)12-8-22/h2-18,32H,1H3,(H,31,33)/b30-18-. The number of hydrazone groups is 1. The largest absolute Gasteiger partial charge is 0.423 e. The molecule has 0 aliphatic carbocycles. The third kappa shape index (κ3) is 7.06. The summed E-state index contributed by atoms with van der Waals surface area (Å²) in [5.74, 6) is -0.711. The first-order valence-corrected chi connectivity index (χ1v) is 13.2. The summed E-state index contributed by atoms with van der Waals surface area (Å²) in [6, 6.07) is 25.4. The van der Waals surface area contributed by atoms with E-state index in [2.05, 4.69) is 15.2 Å². The van der Waals surface area contributed by atoms with Gasteiger partial charge in [0.25, 0.3) is 15.9 Å². The Balaban J connectivity index is 1.33. The number of rotatable bonds is 8. The number of ether oxygens (including phenoxy) is 1. The van der Waals surface area contributed by atoms with Crippen molar-refractivity contribution < 1.29 is 22.7 Å². The number of carbonyl (C=O) groups is 2. The number of aryl methyl sites for hydroxylation is 1. The minimum Gasteiger partial charge on any atom is -0.423 e. The molecule has 4 aromatic carbocycles. The maximum Gasteiger partial charge on any atom is 0.343 e. The van der Waals surface area contributed by atoms with Gasteiger partial charge in [0, 0.05) is 16.3 Å². The number of benzene rings is 4. The molecule has 0 heterocycles. The van der Waals surface area contributed by atoms with Gasteiger partial charge < -0.3 is 4.74 Å². The molecule has 0 aromatic heterocycles. The highest BCUT2D eigenvalue weighted by atomic mass is 35.5. The van der Waals surface area contributed by atoms with Crippen molar-refractivity contribution in [1.29, 1.82) is 0 Å². The number of halogens is 1. The van der Waals surface area contributed by atoms with Gasteiger partial charge in [0.2, 0.25) is 0 Å². The Morgan fingerprint density at radius 2 is 1.53 bits per heavy atom. The highest BCUT2D eigenvalue weighted by molar-refractivity contribution is 7.92. The summed E-state index contributed by atoms with van der Waals surface area (Å²) in [6.07, 6.45) is 1.40. The molecule has 0 aliphatic heterocycles. The molecule has 0 radical (unpaired) electrons. The van der Waals surface area contributed by atoms with Crippen molar-refractivity contribution in [2.75, 3.05) is 4.72 Å². The van der Waals surface area contributed by atoms with Crippen LogP contribution in [0, 0.1) is 6.92 Å². The molecule has 8 nitrogen and oxygen atoms in total. The maximum absolute atomic E-state index is 12.5. The SMILES string of the molecule is Cc1ccc(S(=O)(=O)Nc2ccc(C(=O)N/N=C\c3cccc(OC(=O)c4ccc(Cl)cc4)c3)cc2)cc1. The van der Waals surface area contributed by atoms with Crippen LogP contribution in [0.15, 0.2) is 107 Å². The number of anilines is 1. The molecule has 0 aliphatic rings. The molecule has 1 amide bonds. The predicted molar refractivity (Wildman–Crippen MR) is 146 cm³/mol. The summed E-state index contributed by atoms with van der Waals surface area (Å²) in [6.45, 7) is 1.87. The van der Waals surface area contributed by atoms with Crippen LogP contribution < -0.4 is 14.9 Å². The molecule has 0 fully saturated rings. The van der Waals surface area contributed by atoms with E-state index in [-0.39, 0.29) is 10.5 Å². The Bertz CT molecular complexity index is 1590. The fraction of sp³-hybridized carbons (Fsp3) is 0.0357. The van der Waals surface area contributed by atoms with Crippen LogP contribution in [0.2, 0.25) is 5.02 Å². The molecule has 0 unspecified atom stereocenters.